The number of carbonyl (C=O) groups excluding carboxylic acids is 2. The topological polar surface area (TPSA) is 242 Å². The molecule has 2 fully saturated rings. The van der Waals surface area contributed by atoms with E-state index in [0.717, 1.165) is 31.0 Å². The number of carboxylic acid groups (broad SMARTS) is 1. The number of β-lactam (4-membered cyclic amide) rings is 1. The molecule has 18 nitrogen and oxygen atoms in total. The van der Waals surface area contributed by atoms with E-state index in [2.05, 4.69) is 29.3 Å². The molecular formula is C26H31N8O10S2+. The van der Waals surface area contributed by atoms with Gasteiger partial charge in [-0.05, 0) is 19.9 Å². The molecule has 46 heavy (non-hydrogen) atoms. The van der Waals surface area contributed by atoms with Gasteiger partial charge in [0.1, 0.15) is 30.4 Å². The van der Waals surface area contributed by atoms with Crippen LogP contribution in [0.1, 0.15) is 26.0 Å². The summed E-state index contributed by atoms with van der Waals surface area (Å²) in [5, 5.41) is 18.7. The first kappa shape index (κ1) is 32.9. The van der Waals surface area contributed by atoms with Gasteiger partial charge in [0.15, 0.2) is 16.6 Å². The number of nitrogens with two attached hydrogens (primary N) is 1. The number of Topliss-reactive ketones (excluding diaryl/α,β-unsaturated/α-hetero) is 1. The highest BCUT2D eigenvalue weighted by Gasteiger charge is 2.57. The number of carbonyl (C=O) groups is 3. The van der Waals surface area contributed by atoms with Crippen molar-refractivity contribution in [1.82, 2.24) is 24.9 Å². The lowest BCUT2D eigenvalue weighted by Crippen LogP contribution is -2.68. The predicted octanol–water partition coefficient (Wildman–Crippen LogP) is -0.399. The van der Waals surface area contributed by atoms with Gasteiger partial charge in [-0.25, -0.2) is 19.3 Å². The van der Waals surface area contributed by atoms with Gasteiger partial charge in [-0.3, -0.25) is 14.1 Å². The number of anilines is 1. The van der Waals surface area contributed by atoms with Gasteiger partial charge in [0.2, 0.25) is 12.1 Å². The molecule has 0 radical (unpaired) electrons. The lowest BCUT2D eigenvalue weighted by Gasteiger charge is -2.50. The fourth-order valence-corrected chi connectivity index (χ4v) is 5.75. The Labute approximate surface area is 266 Å². The number of nitrogens with one attached hydrogen (secondary N) is 1. The number of nitrogen functional groups attached to an aromatic ring is 1. The van der Waals surface area contributed by atoms with Crippen LogP contribution in [0.15, 0.2) is 47.6 Å². The highest BCUT2D eigenvalue weighted by atomic mass is 32.3. The molecule has 3 aromatic heterocycles. The van der Waals surface area contributed by atoms with Crippen molar-refractivity contribution in [1.29, 1.82) is 0 Å². The van der Waals surface area contributed by atoms with Gasteiger partial charge in [0, 0.05) is 36.9 Å². The van der Waals surface area contributed by atoms with E-state index < -0.39 is 64.4 Å². The third kappa shape index (κ3) is 7.48. The molecule has 0 aromatic carbocycles. The summed E-state index contributed by atoms with van der Waals surface area (Å²) >= 11 is 0.986. The maximum absolute atomic E-state index is 13.3. The second-order valence-corrected chi connectivity index (χ2v) is 13.0. The quantitative estimate of drug-likeness (QED) is 0.0526. The molecule has 2 atom stereocenters. The Hall–Kier alpha value is -4.50. The summed E-state index contributed by atoms with van der Waals surface area (Å²) in [5.41, 5.74) is 3.95. The summed E-state index contributed by atoms with van der Waals surface area (Å²) in [4.78, 5) is 51.4. The first-order valence-electron chi connectivity index (χ1n) is 13.8. The number of hydrogen-bond donors (Lipinski definition) is 4. The van der Waals surface area contributed by atoms with E-state index >= 15 is 0 Å². The average Bonchev–Trinajstić information content (AvgIpc) is 3.62. The molecule has 246 valence electrons. The van der Waals surface area contributed by atoms with Crippen molar-refractivity contribution in [2.24, 2.45) is 17.0 Å². The molecule has 0 bridgehead atoms. The number of thiazole rings is 1. The monoisotopic (exact) mass is 679 g/mol. The molecule has 5 heterocycles. The molecule has 2 saturated heterocycles. The predicted molar refractivity (Wildman–Crippen MR) is 158 cm³/mol. The number of ketones is 1. The third-order valence-corrected chi connectivity index (χ3v) is 8.43. The molecular weight excluding hydrogens is 648 g/mol. The summed E-state index contributed by atoms with van der Waals surface area (Å²) in [7, 11) is -4.99. The van der Waals surface area contributed by atoms with Gasteiger partial charge in [-0.15, -0.1) is 15.6 Å². The molecule has 5 N–H and O–H groups in total. The Morgan fingerprint density at radius 1 is 1.33 bits per heavy atom. The molecule has 5 rings (SSSR count). The van der Waals surface area contributed by atoms with Gasteiger partial charge in [0.25, 0.3) is 12.0 Å². The van der Waals surface area contributed by atoms with Crippen LogP contribution in [0.5, 0.6) is 5.75 Å². The fraction of sp³-hybridized carbons (Fsp3) is 0.423. The van der Waals surface area contributed by atoms with Gasteiger partial charge in [-0.2, -0.15) is 18.0 Å². The van der Waals surface area contributed by atoms with E-state index in [1.165, 1.54) is 25.4 Å². The van der Waals surface area contributed by atoms with Crippen LogP contribution in [0.2, 0.25) is 0 Å². The smallest absolute Gasteiger partial charge is 0.418 e. The zero-order valence-electron chi connectivity index (χ0n) is 24.5. The van der Waals surface area contributed by atoms with Crippen molar-refractivity contribution in [3.05, 3.63) is 48.1 Å². The van der Waals surface area contributed by atoms with E-state index in [9.17, 15) is 27.9 Å². The number of oxime groups is 1. The van der Waals surface area contributed by atoms with E-state index in [1.807, 2.05) is 23.3 Å². The zero-order chi connectivity index (χ0) is 33.2. The molecule has 1 unspecified atom stereocenters. The minimum Gasteiger partial charge on any atom is -0.487 e. The second kappa shape index (κ2) is 13.1. The van der Waals surface area contributed by atoms with Crippen LogP contribution in [-0.2, 0) is 40.4 Å². The van der Waals surface area contributed by atoms with Crippen LogP contribution >= 0.6 is 11.3 Å². The van der Waals surface area contributed by atoms with E-state index in [1.54, 1.807) is 12.1 Å². The first-order chi connectivity index (χ1) is 21.7. The van der Waals surface area contributed by atoms with Crippen LogP contribution in [0.3, 0.4) is 0 Å². The number of rotatable bonds is 15. The number of imidazole rings is 1. The minimum absolute atomic E-state index is 0.0244. The summed E-state index contributed by atoms with van der Waals surface area (Å²) in [6.07, 6.45) is 5.02. The van der Waals surface area contributed by atoms with Crippen LogP contribution in [0.4, 0.5) is 5.13 Å². The van der Waals surface area contributed by atoms with E-state index in [0.29, 0.717) is 16.8 Å². The largest absolute Gasteiger partial charge is 0.487 e. The van der Waals surface area contributed by atoms with Crippen LogP contribution in [0.25, 0.3) is 5.82 Å². The van der Waals surface area contributed by atoms with Gasteiger partial charge < -0.3 is 25.7 Å². The molecule has 20 heteroatoms. The maximum Gasteiger partial charge on any atom is 0.418 e. The Morgan fingerprint density at radius 3 is 2.65 bits per heavy atom. The number of ether oxygens (including phenoxy) is 1. The highest BCUT2D eigenvalue weighted by molar-refractivity contribution is 7.80. The molecule has 2 aliphatic rings. The summed E-state index contributed by atoms with van der Waals surface area (Å²) in [6, 6.07) is 3.32. The Morgan fingerprint density at radius 2 is 2.09 bits per heavy atom. The van der Waals surface area contributed by atoms with E-state index in [4.69, 9.17) is 19.9 Å². The van der Waals surface area contributed by atoms with Crippen molar-refractivity contribution in [3.8, 4) is 11.6 Å². The molecule has 0 aliphatic carbocycles. The summed E-state index contributed by atoms with van der Waals surface area (Å²) < 4.78 is 45.0. The Bertz CT molecular complexity index is 1750. The molecule has 0 spiro atoms. The number of hydrogen-bond acceptors (Lipinski definition) is 14. The number of aliphatic carboxylic acids is 1. The summed E-state index contributed by atoms with van der Waals surface area (Å²) in [5.74, 6) is -2.70. The second-order valence-electron chi connectivity index (χ2n) is 11.1. The number of aromatic nitrogens is 4. The van der Waals surface area contributed by atoms with Gasteiger partial charge in [0.05, 0.1) is 24.2 Å². The molecule has 0 saturated carbocycles. The molecule has 2 aliphatic heterocycles. The SMILES string of the molecule is CC1(C)[C@H](CC(=O)/C(=N\OC(COc2ccc(-n3cc[n+](CC4CNC4)c3)nc2)C(=O)O)c2csc(N)n2)C(=O)N1OS(=O)(=O)O. The number of hydroxylamine groups is 2. The third-order valence-electron chi connectivity index (χ3n) is 7.42. The standard InChI is InChI=1S/C26H30N8O10S2/c1-26(2)17(23(36)34(26)44-46(39,40)41)7-19(35)22(18-13-45-25(27)30-18)31-43-20(24(37)38)12-42-16-3-4-21(29-10-16)33-6-5-32(14-33)11-15-8-28-9-15/h3-6,10,13-15,17,20,28H,7-9,11-12H2,1-2H3,(H3-,27,30,37,38,39,40,41)/p+1/b31-22-/t17-,20?/m1/s1. The number of carboxylic acids is 1. The molecule has 1 amide bonds. The normalized spacial score (nSPS) is 18.8. The highest BCUT2D eigenvalue weighted by Crippen LogP contribution is 2.40. The lowest BCUT2D eigenvalue weighted by atomic mass is 9.74. The van der Waals surface area contributed by atoms with Crippen LogP contribution in [0, 0.1) is 11.8 Å². The number of pyridine rings is 1. The fourth-order valence-electron chi connectivity index (χ4n) is 4.75. The summed E-state index contributed by atoms with van der Waals surface area (Å²) in [6.45, 7) is 5.21. The van der Waals surface area contributed by atoms with Crippen LogP contribution in [-0.4, -0.2) is 92.4 Å². The molecule has 3 aromatic rings. The Balaban J connectivity index is 1.23. The minimum atomic E-state index is -4.99. The maximum atomic E-state index is 13.3. The van der Waals surface area contributed by atoms with Gasteiger partial charge >= 0.3 is 16.4 Å². The van der Waals surface area contributed by atoms with Crippen molar-refractivity contribution < 1.29 is 50.9 Å². The van der Waals surface area contributed by atoms with Gasteiger partial charge in [-0.1, -0.05) is 5.16 Å². The van der Waals surface area contributed by atoms with Crippen molar-refractivity contribution in [2.75, 3.05) is 25.4 Å². The van der Waals surface area contributed by atoms with Crippen molar-refractivity contribution in [2.45, 2.75) is 38.5 Å². The lowest BCUT2D eigenvalue weighted by molar-refractivity contribution is -0.703. The Kier molecular flexibility index (Phi) is 9.35. The first-order valence-corrected chi connectivity index (χ1v) is 16.0. The number of nitrogens with zero attached hydrogens (tertiary/aromatic N) is 6. The average molecular weight is 680 g/mol. The van der Waals surface area contributed by atoms with E-state index in [-0.39, 0.29) is 16.6 Å². The zero-order valence-corrected chi connectivity index (χ0v) is 26.2. The van der Waals surface area contributed by atoms with Crippen molar-refractivity contribution >= 4 is 50.2 Å². The van der Waals surface area contributed by atoms with Crippen molar-refractivity contribution in [3.63, 3.8) is 0 Å². The van der Waals surface area contributed by atoms with Crippen LogP contribution < -0.4 is 20.4 Å². The number of amides is 1.